The van der Waals surface area contributed by atoms with Crippen LogP contribution < -0.4 is 10.9 Å². The smallest absolute Gasteiger partial charge is 0.344 e. The van der Waals surface area contributed by atoms with Crippen LogP contribution in [-0.4, -0.2) is 23.5 Å². The van der Waals surface area contributed by atoms with Crippen molar-refractivity contribution in [2.24, 2.45) is 0 Å². The molecule has 0 aliphatic heterocycles. The number of amides is 1. The van der Waals surface area contributed by atoms with Crippen LogP contribution in [0.15, 0.2) is 47.4 Å². The zero-order valence-corrected chi connectivity index (χ0v) is 13.7. The van der Waals surface area contributed by atoms with Crippen LogP contribution in [0.4, 0.5) is 0 Å². The van der Waals surface area contributed by atoms with E-state index in [9.17, 15) is 14.4 Å². The Kier molecular flexibility index (Phi) is 5.89. The van der Waals surface area contributed by atoms with Crippen molar-refractivity contribution in [2.75, 3.05) is 6.61 Å². The molecule has 0 unspecified atom stereocenters. The number of nitrogens with one attached hydrogen (secondary N) is 2. The Morgan fingerprint density at radius 2 is 1.92 bits per heavy atom. The molecule has 1 aromatic heterocycles. The maximum absolute atomic E-state index is 12.0. The lowest BCUT2D eigenvalue weighted by molar-refractivity contribution is -0.125. The summed E-state index contributed by atoms with van der Waals surface area (Å²) in [6.45, 7) is 3.52. The van der Waals surface area contributed by atoms with E-state index >= 15 is 0 Å². The van der Waals surface area contributed by atoms with Crippen molar-refractivity contribution in [1.82, 2.24) is 10.3 Å². The molecule has 0 saturated heterocycles. The SMILES string of the molecule is CC[C@H](NC(=O)COC(=O)c1ccc[nH]c1=O)c1ccc(C)cc1. The molecular weight excluding hydrogens is 308 g/mol. The number of aromatic nitrogens is 1. The summed E-state index contributed by atoms with van der Waals surface area (Å²) in [5, 5.41) is 2.82. The van der Waals surface area contributed by atoms with Gasteiger partial charge >= 0.3 is 5.97 Å². The van der Waals surface area contributed by atoms with E-state index in [0.29, 0.717) is 6.42 Å². The van der Waals surface area contributed by atoms with Gasteiger partial charge in [0.2, 0.25) is 0 Å². The van der Waals surface area contributed by atoms with Crippen molar-refractivity contribution in [2.45, 2.75) is 26.3 Å². The summed E-state index contributed by atoms with van der Waals surface area (Å²) in [5.41, 5.74) is 1.45. The molecule has 1 atom stereocenters. The van der Waals surface area contributed by atoms with Gasteiger partial charge < -0.3 is 15.0 Å². The van der Waals surface area contributed by atoms with Gasteiger partial charge in [0, 0.05) is 6.20 Å². The molecule has 0 radical (unpaired) electrons. The highest BCUT2D eigenvalue weighted by Gasteiger charge is 2.16. The lowest BCUT2D eigenvalue weighted by atomic mass is 10.0. The summed E-state index contributed by atoms with van der Waals surface area (Å²) < 4.78 is 4.90. The van der Waals surface area contributed by atoms with Gasteiger partial charge in [-0.3, -0.25) is 9.59 Å². The molecule has 1 heterocycles. The lowest BCUT2D eigenvalue weighted by Gasteiger charge is -2.17. The molecule has 2 rings (SSSR count). The van der Waals surface area contributed by atoms with Gasteiger partial charge in [0.15, 0.2) is 6.61 Å². The number of benzene rings is 1. The summed E-state index contributed by atoms with van der Waals surface area (Å²) in [5.74, 6) is -1.24. The van der Waals surface area contributed by atoms with Gasteiger partial charge in [-0.1, -0.05) is 36.8 Å². The molecule has 0 bridgehead atoms. The van der Waals surface area contributed by atoms with Crippen LogP contribution in [0.1, 0.15) is 40.9 Å². The second kappa shape index (κ2) is 8.10. The molecule has 0 spiro atoms. The molecule has 6 nitrogen and oxygen atoms in total. The zero-order valence-electron chi connectivity index (χ0n) is 13.7. The number of hydrogen-bond acceptors (Lipinski definition) is 4. The average Bonchev–Trinajstić information content (AvgIpc) is 2.59. The van der Waals surface area contributed by atoms with Crippen LogP contribution in [0.25, 0.3) is 0 Å². The van der Waals surface area contributed by atoms with Crippen molar-refractivity contribution in [3.8, 4) is 0 Å². The fourth-order valence-electron chi connectivity index (χ4n) is 2.25. The second-order valence-corrected chi connectivity index (χ2v) is 5.43. The highest BCUT2D eigenvalue weighted by Crippen LogP contribution is 2.16. The third-order valence-corrected chi connectivity index (χ3v) is 3.60. The molecular formula is C18H20N2O4. The molecule has 1 amide bonds. The first-order chi connectivity index (χ1) is 11.5. The number of rotatable bonds is 6. The maximum Gasteiger partial charge on any atom is 0.344 e. The van der Waals surface area contributed by atoms with Crippen molar-refractivity contribution in [3.63, 3.8) is 0 Å². The lowest BCUT2D eigenvalue weighted by Crippen LogP contribution is -2.32. The highest BCUT2D eigenvalue weighted by atomic mass is 16.5. The summed E-state index contributed by atoms with van der Waals surface area (Å²) in [6, 6.07) is 10.6. The minimum Gasteiger partial charge on any atom is -0.452 e. The Balaban J connectivity index is 1.92. The molecule has 0 fully saturated rings. The van der Waals surface area contributed by atoms with Crippen LogP contribution in [0.2, 0.25) is 0 Å². The predicted octanol–water partition coefficient (Wildman–Crippen LogP) is 2.11. The van der Waals surface area contributed by atoms with Gasteiger partial charge in [0.1, 0.15) is 5.56 Å². The zero-order chi connectivity index (χ0) is 17.5. The molecule has 2 N–H and O–H groups in total. The number of carbonyl (C=O) groups excluding carboxylic acids is 2. The quantitative estimate of drug-likeness (QED) is 0.795. The Hall–Kier alpha value is -2.89. The van der Waals surface area contributed by atoms with Crippen molar-refractivity contribution < 1.29 is 14.3 Å². The van der Waals surface area contributed by atoms with Crippen molar-refractivity contribution in [3.05, 3.63) is 69.6 Å². The molecule has 1 aromatic carbocycles. The van der Waals surface area contributed by atoms with Gasteiger partial charge in [-0.15, -0.1) is 0 Å². The molecule has 126 valence electrons. The first-order valence-corrected chi connectivity index (χ1v) is 7.72. The summed E-state index contributed by atoms with van der Waals surface area (Å²) in [4.78, 5) is 37.7. The van der Waals surface area contributed by atoms with E-state index in [-0.39, 0.29) is 11.6 Å². The number of pyridine rings is 1. The van der Waals surface area contributed by atoms with E-state index in [1.807, 2.05) is 38.1 Å². The van der Waals surface area contributed by atoms with Crippen LogP contribution in [0.5, 0.6) is 0 Å². The van der Waals surface area contributed by atoms with Crippen LogP contribution in [0, 0.1) is 6.92 Å². The standard InChI is InChI=1S/C18H20N2O4/c1-3-15(13-8-6-12(2)7-9-13)20-16(21)11-24-18(23)14-5-4-10-19-17(14)22/h4-10,15H,3,11H2,1-2H3,(H,19,22)(H,20,21)/t15-/m0/s1. The summed E-state index contributed by atoms with van der Waals surface area (Å²) in [7, 11) is 0. The van der Waals surface area contributed by atoms with E-state index in [4.69, 9.17) is 4.74 Å². The fraction of sp³-hybridized carbons (Fsp3) is 0.278. The van der Waals surface area contributed by atoms with E-state index < -0.39 is 24.0 Å². The Bertz CT molecular complexity index is 765. The molecule has 6 heteroatoms. The Labute approximate surface area is 139 Å². The van der Waals surface area contributed by atoms with Crippen molar-refractivity contribution >= 4 is 11.9 Å². The number of aryl methyl sites for hydroxylation is 1. The molecule has 0 aliphatic carbocycles. The van der Waals surface area contributed by atoms with Gasteiger partial charge in [-0.2, -0.15) is 0 Å². The first kappa shape index (κ1) is 17.5. The van der Waals surface area contributed by atoms with Gasteiger partial charge in [-0.05, 0) is 31.0 Å². The minimum absolute atomic E-state index is 0.129. The Morgan fingerprint density at radius 1 is 1.21 bits per heavy atom. The fourth-order valence-corrected chi connectivity index (χ4v) is 2.25. The number of aromatic amines is 1. The van der Waals surface area contributed by atoms with Crippen LogP contribution in [0.3, 0.4) is 0 Å². The molecule has 24 heavy (non-hydrogen) atoms. The highest BCUT2D eigenvalue weighted by molar-refractivity contribution is 5.90. The van der Waals surface area contributed by atoms with Gasteiger partial charge in [-0.25, -0.2) is 4.79 Å². The van der Waals surface area contributed by atoms with E-state index in [1.165, 1.54) is 18.3 Å². The third-order valence-electron chi connectivity index (χ3n) is 3.60. The van der Waals surface area contributed by atoms with Gasteiger partial charge in [0.25, 0.3) is 11.5 Å². The number of carbonyl (C=O) groups is 2. The number of esters is 1. The monoisotopic (exact) mass is 328 g/mol. The number of hydrogen-bond donors (Lipinski definition) is 2. The minimum atomic E-state index is -0.824. The normalized spacial score (nSPS) is 11.6. The van der Waals surface area contributed by atoms with Crippen LogP contribution in [-0.2, 0) is 9.53 Å². The van der Waals surface area contributed by atoms with E-state index in [2.05, 4.69) is 10.3 Å². The Morgan fingerprint density at radius 3 is 2.54 bits per heavy atom. The largest absolute Gasteiger partial charge is 0.452 e. The molecule has 0 aliphatic rings. The predicted molar refractivity (Wildman–Crippen MR) is 89.7 cm³/mol. The first-order valence-electron chi connectivity index (χ1n) is 7.72. The average molecular weight is 328 g/mol. The van der Waals surface area contributed by atoms with E-state index in [0.717, 1.165) is 11.1 Å². The summed E-state index contributed by atoms with van der Waals surface area (Å²) >= 11 is 0. The molecule has 2 aromatic rings. The summed E-state index contributed by atoms with van der Waals surface area (Å²) in [6.07, 6.45) is 2.13. The third kappa shape index (κ3) is 4.55. The van der Waals surface area contributed by atoms with Gasteiger partial charge in [0.05, 0.1) is 6.04 Å². The maximum atomic E-state index is 12.0. The second-order valence-electron chi connectivity index (χ2n) is 5.43. The van der Waals surface area contributed by atoms with Crippen molar-refractivity contribution in [1.29, 1.82) is 0 Å². The number of H-pyrrole nitrogens is 1. The van der Waals surface area contributed by atoms with E-state index in [1.54, 1.807) is 0 Å². The number of ether oxygens (including phenoxy) is 1. The molecule has 0 saturated carbocycles. The topological polar surface area (TPSA) is 88.3 Å². The van der Waals surface area contributed by atoms with Crippen LogP contribution >= 0.6 is 0 Å².